The molecule has 2 saturated heterocycles. The highest BCUT2D eigenvalue weighted by molar-refractivity contribution is 5.93. The molecule has 0 aromatic carbocycles. The van der Waals surface area contributed by atoms with Crippen LogP contribution in [0.2, 0.25) is 0 Å². The van der Waals surface area contributed by atoms with E-state index in [9.17, 15) is 9.59 Å². The maximum absolute atomic E-state index is 12.6. The second-order valence-electron chi connectivity index (χ2n) is 7.98. The lowest BCUT2D eigenvalue weighted by atomic mass is 9.82. The molecule has 2 aromatic heterocycles. The summed E-state index contributed by atoms with van der Waals surface area (Å²) in [7, 11) is 1.79. The van der Waals surface area contributed by atoms with Gasteiger partial charge in [0.1, 0.15) is 0 Å². The number of nitrogens with zero attached hydrogens (tertiary/aromatic N) is 4. The summed E-state index contributed by atoms with van der Waals surface area (Å²) < 4.78 is 7.78. The molecule has 4 rings (SSSR count). The van der Waals surface area contributed by atoms with Crippen LogP contribution in [-0.4, -0.2) is 62.8 Å². The van der Waals surface area contributed by atoms with Crippen LogP contribution in [0.15, 0.2) is 36.8 Å². The minimum Gasteiger partial charge on any atom is -0.375 e. The maximum atomic E-state index is 12.6. The molecule has 154 valence electrons. The number of hydrogen-bond acceptors (Lipinski definition) is 5. The van der Waals surface area contributed by atoms with Gasteiger partial charge in [-0.25, -0.2) is 0 Å². The summed E-state index contributed by atoms with van der Waals surface area (Å²) in [6.45, 7) is 1.98. The number of carbonyl (C=O) groups is 2. The number of ether oxygens (including phenoxy) is 1. The molecular weight excluding hydrogens is 370 g/mol. The van der Waals surface area contributed by atoms with E-state index in [1.165, 1.54) is 0 Å². The van der Waals surface area contributed by atoms with E-state index >= 15 is 0 Å². The van der Waals surface area contributed by atoms with E-state index in [1.54, 1.807) is 30.3 Å². The van der Waals surface area contributed by atoms with Crippen molar-refractivity contribution in [3.63, 3.8) is 0 Å². The van der Waals surface area contributed by atoms with Crippen molar-refractivity contribution in [2.24, 2.45) is 7.05 Å². The quantitative estimate of drug-likeness (QED) is 0.841. The second-order valence-corrected chi connectivity index (χ2v) is 7.98. The molecule has 2 aliphatic heterocycles. The minimum absolute atomic E-state index is 0.0761. The van der Waals surface area contributed by atoms with Gasteiger partial charge in [-0.05, 0) is 37.8 Å². The van der Waals surface area contributed by atoms with Crippen molar-refractivity contribution in [1.29, 1.82) is 0 Å². The zero-order valence-corrected chi connectivity index (χ0v) is 16.7. The molecule has 1 atom stereocenters. The number of pyridine rings is 1. The monoisotopic (exact) mass is 397 g/mol. The minimum atomic E-state index is -0.257. The van der Waals surface area contributed by atoms with Crippen molar-refractivity contribution in [3.8, 4) is 0 Å². The van der Waals surface area contributed by atoms with Crippen molar-refractivity contribution >= 4 is 11.8 Å². The van der Waals surface area contributed by atoms with Crippen LogP contribution in [0.4, 0.5) is 0 Å². The predicted octanol–water partition coefficient (Wildman–Crippen LogP) is 1.33. The van der Waals surface area contributed by atoms with Gasteiger partial charge in [-0.15, -0.1) is 0 Å². The Kier molecular flexibility index (Phi) is 5.62. The van der Waals surface area contributed by atoms with Crippen LogP contribution in [0, 0.1) is 0 Å². The third-order valence-corrected chi connectivity index (χ3v) is 5.88. The molecule has 2 fully saturated rings. The smallest absolute Gasteiger partial charge is 0.254 e. The predicted molar refractivity (Wildman–Crippen MR) is 106 cm³/mol. The fourth-order valence-corrected chi connectivity index (χ4v) is 4.24. The Hall–Kier alpha value is -2.74. The van der Waals surface area contributed by atoms with E-state index in [-0.39, 0.29) is 23.5 Å². The summed E-state index contributed by atoms with van der Waals surface area (Å²) >= 11 is 0. The van der Waals surface area contributed by atoms with Crippen molar-refractivity contribution in [1.82, 2.24) is 25.0 Å². The van der Waals surface area contributed by atoms with Crippen LogP contribution in [0.3, 0.4) is 0 Å². The Morgan fingerprint density at radius 3 is 2.83 bits per heavy atom. The summed E-state index contributed by atoms with van der Waals surface area (Å²) in [6.07, 6.45) is 8.51. The Bertz CT molecular complexity index is 858. The number of likely N-dealkylation sites (tertiary alicyclic amines) is 1. The molecule has 2 amide bonds. The number of hydrogen-bond donors (Lipinski definition) is 1. The first-order valence-electron chi connectivity index (χ1n) is 10.1. The molecule has 29 heavy (non-hydrogen) atoms. The molecule has 2 aliphatic rings. The average Bonchev–Trinajstić information content (AvgIpc) is 3.16. The largest absolute Gasteiger partial charge is 0.375 e. The molecule has 2 aromatic rings. The van der Waals surface area contributed by atoms with Crippen LogP contribution in [0.1, 0.15) is 41.7 Å². The Balaban J connectivity index is 1.30. The van der Waals surface area contributed by atoms with E-state index in [2.05, 4.69) is 15.4 Å². The van der Waals surface area contributed by atoms with Gasteiger partial charge in [0.15, 0.2) is 0 Å². The fraction of sp³-hybridized carbons (Fsp3) is 0.524. The van der Waals surface area contributed by atoms with Gasteiger partial charge in [0, 0.05) is 50.9 Å². The highest BCUT2D eigenvalue weighted by Gasteiger charge is 2.41. The number of piperidine rings is 1. The van der Waals surface area contributed by atoms with Gasteiger partial charge in [-0.2, -0.15) is 5.10 Å². The second kappa shape index (κ2) is 8.32. The topological polar surface area (TPSA) is 89.4 Å². The Morgan fingerprint density at radius 2 is 2.14 bits per heavy atom. The van der Waals surface area contributed by atoms with Gasteiger partial charge < -0.3 is 15.0 Å². The number of aromatic nitrogens is 3. The Labute approximate surface area is 170 Å². The molecule has 0 bridgehead atoms. The molecule has 8 heteroatoms. The van der Waals surface area contributed by atoms with Gasteiger partial charge in [-0.3, -0.25) is 19.3 Å². The number of rotatable bonds is 4. The van der Waals surface area contributed by atoms with E-state index in [4.69, 9.17) is 4.74 Å². The molecule has 0 unspecified atom stereocenters. The summed E-state index contributed by atoms with van der Waals surface area (Å²) in [6, 6.07) is 5.70. The van der Waals surface area contributed by atoms with Crippen molar-refractivity contribution in [2.75, 3.05) is 19.7 Å². The first kappa shape index (κ1) is 19.6. The van der Waals surface area contributed by atoms with E-state index in [0.29, 0.717) is 31.7 Å². The third kappa shape index (κ3) is 4.64. The molecule has 0 aliphatic carbocycles. The summed E-state index contributed by atoms with van der Waals surface area (Å²) in [5.74, 6) is 0.0129. The van der Waals surface area contributed by atoms with Crippen LogP contribution >= 0.6 is 0 Å². The molecule has 0 saturated carbocycles. The molecule has 0 radical (unpaired) electrons. The molecule has 1 N–H and O–H groups in total. The average molecular weight is 397 g/mol. The highest BCUT2D eigenvalue weighted by Crippen LogP contribution is 2.35. The van der Waals surface area contributed by atoms with Gasteiger partial charge in [0.2, 0.25) is 5.91 Å². The standard InChI is InChI=1S/C21H27N5O3/c1-25-15-16(14-23-25)20(28)24-18-5-11-29-21(13-18)6-9-26(10-7-21)19(27)12-17-4-2-3-8-22-17/h2-4,8,14-15,18H,5-7,9-13H2,1H3,(H,24,28)/t18-/m1/s1. The van der Waals surface area contributed by atoms with E-state index < -0.39 is 0 Å². The fourth-order valence-electron chi connectivity index (χ4n) is 4.24. The van der Waals surface area contributed by atoms with Gasteiger partial charge in [-0.1, -0.05) is 6.07 Å². The lowest BCUT2D eigenvalue weighted by Crippen LogP contribution is -2.54. The third-order valence-electron chi connectivity index (χ3n) is 5.88. The number of aryl methyl sites for hydroxylation is 1. The zero-order valence-electron chi connectivity index (χ0n) is 16.7. The van der Waals surface area contributed by atoms with Crippen molar-refractivity contribution in [2.45, 2.75) is 43.7 Å². The first-order valence-corrected chi connectivity index (χ1v) is 10.1. The number of nitrogens with one attached hydrogen (secondary N) is 1. The van der Waals surface area contributed by atoms with Gasteiger partial charge in [0.05, 0.1) is 23.8 Å². The number of amides is 2. The molecular formula is C21H27N5O3. The number of carbonyl (C=O) groups excluding carboxylic acids is 2. The van der Waals surface area contributed by atoms with Gasteiger partial charge in [0.25, 0.3) is 5.91 Å². The lowest BCUT2D eigenvalue weighted by molar-refractivity contribution is -0.143. The summed E-state index contributed by atoms with van der Waals surface area (Å²) in [4.78, 5) is 31.2. The maximum Gasteiger partial charge on any atom is 0.254 e. The summed E-state index contributed by atoms with van der Waals surface area (Å²) in [5, 5.41) is 7.18. The van der Waals surface area contributed by atoms with E-state index in [0.717, 1.165) is 31.4 Å². The van der Waals surface area contributed by atoms with Crippen LogP contribution < -0.4 is 5.32 Å². The van der Waals surface area contributed by atoms with Crippen molar-refractivity contribution in [3.05, 3.63) is 48.0 Å². The van der Waals surface area contributed by atoms with Crippen LogP contribution in [0.5, 0.6) is 0 Å². The highest BCUT2D eigenvalue weighted by atomic mass is 16.5. The SMILES string of the molecule is Cn1cc(C(=O)N[C@@H]2CCOC3(CCN(C(=O)Cc4ccccn4)CC3)C2)cn1. The molecule has 8 nitrogen and oxygen atoms in total. The zero-order chi connectivity index (χ0) is 20.3. The van der Waals surface area contributed by atoms with Crippen LogP contribution in [0.25, 0.3) is 0 Å². The van der Waals surface area contributed by atoms with Crippen LogP contribution in [-0.2, 0) is 23.0 Å². The lowest BCUT2D eigenvalue weighted by Gasteiger charge is -2.46. The Morgan fingerprint density at radius 1 is 1.31 bits per heavy atom. The van der Waals surface area contributed by atoms with E-state index in [1.807, 2.05) is 23.1 Å². The summed E-state index contributed by atoms with van der Waals surface area (Å²) in [5.41, 5.74) is 1.11. The van der Waals surface area contributed by atoms with Gasteiger partial charge >= 0.3 is 0 Å². The van der Waals surface area contributed by atoms with Crippen molar-refractivity contribution < 1.29 is 14.3 Å². The molecule has 1 spiro atoms. The first-order chi connectivity index (χ1) is 14.0. The normalized spacial score (nSPS) is 21.1. The molecule has 4 heterocycles.